The van der Waals surface area contributed by atoms with Crippen molar-refractivity contribution in [2.75, 3.05) is 0 Å². The lowest BCUT2D eigenvalue weighted by atomic mass is 10.2. The van der Waals surface area contributed by atoms with Crippen LogP contribution in [0.5, 0.6) is 0 Å². The van der Waals surface area contributed by atoms with Gasteiger partial charge in [-0.2, -0.15) is 0 Å². The smallest absolute Gasteiger partial charge is 0.198 e. The number of hydrogen-bond donors (Lipinski definition) is 0. The van der Waals surface area contributed by atoms with E-state index >= 15 is 0 Å². The number of ether oxygens (including phenoxy) is 1. The van der Waals surface area contributed by atoms with Gasteiger partial charge in [0.15, 0.2) is 6.29 Å². The summed E-state index contributed by atoms with van der Waals surface area (Å²) in [4.78, 5) is 0. The predicted molar refractivity (Wildman–Crippen MR) is 48.4 cm³/mol. The summed E-state index contributed by atoms with van der Waals surface area (Å²) in [5.41, 5.74) is 1.21. The van der Waals surface area contributed by atoms with Crippen molar-refractivity contribution in [1.29, 1.82) is 0 Å². The van der Waals surface area contributed by atoms with Crippen LogP contribution in [0.1, 0.15) is 18.8 Å². The van der Waals surface area contributed by atoms with Crippen LogP contribution in [0.15, 0.2) is 30.3 Å². The van der Waals surface area contributed by atoms with Crippen LogP contribution in [0, 0.1) is 0 Å². The Labute approximate surface area is 76.1 Å². The highest BCUT2D eigenvalue weighted by Gasteiger charge is 2.24. The van der Waals surface area contributed by atoms with Gasteiger partial charge < -0.3 is 4.74 Å². The topological polar surface area (TPSA) is 18.5 Å². The van der Waals surface area contributed by atoms with Gasteiger partial charge in [0.1, 0.15) is 5.44 Å². The van der Waals surface area contributed by atoms with Crippen molar-refractivity contribution in [2.24, 2.45) is 0 Å². The van der Waals surface area contributed by atoms with Crippen molar-refractivity contribution in [3.63, 3.8) is 0 Å². The Bertz CT molecular complexity index is 250. The maximum Gasteiger partial charge on any atom is 0.198 e. The molecule has 1 aromatic rings. The summed E-state index contributed by atoms with van der Waals surface area (Å²) in [5, 5.41) is 0. The molecule has 0 bridgehead atoms. The minimum absolute atomic E-state index is 0.134. The van der Waals surface area contributed by atoms with Gasteiger partial charge in [0.05, 0.1) is 0 Å². The molecule has 1 aromatic carbocycles. The summed E-state index contributed by atoms with van der Waals surface area (Å²) in [5.74, 6) is 0. The van der Waals surface area contributed by atoms with E-state index in [9.17, 15) is 0 Å². The van der Waals surface area contributed by atoms with Crippen LogP contribution in [0.4, 0.5) is 0 Å². The molecule has 1 heterocycles. The van der Waals surface area contributed by atoms with Crippen molar-refractivity contribution in [2.45, 2.75) is 18.6 Å². The zero-order valence-corrected chi connectivity index (χ0v) is 7.58. The molecule has 3 heteroatoms. The molecule has 64 valence electrons. The van der Waals surface area contributed by atoms with Gasteiger partial charge in [0.25, 0.3) is 0 Å². The van der Waals surface area contributed by atoms with Crippen molar-refractivity contribution in [1.82, 2.24) is 0 Å². The molecule has 1 fully saturated rings. The van der Waals surface area contributed by atoms with Crippen molar-refractivity contribution in [3.8, 4) is 0 Å². The summed E-state index contributed by atoms with van der Waals surface area (Å²) in [6, 6.07) is 9.95. The van der Waals surface area contributed by atoms with Gasteiger partial charge in [-0.25, -0.2) is 0 Å². The third-order valence-electron chi connectivity index (χ3n) is 1.67. The molecule has 0 aromatic heterocycles. The number of hydrogen-bond acceptors (Lipinski definition) is 3. The van der Waals surface area contributed by atoms with E-state index < -0.39 is 0 Å². The maximum absolute atomic E-state index is 5.49. The highest BCUT2D eigenvalue weighted by atomic mass is 32.2. The first kappa shape index (κ1) is 8.10. The lowest BCUT2D eigenvalue weighted by Crippen LogP contribution is -2.00. The first-order valence-electron chi connectivity index (χ1n) is 3.89. The molecule has 0 radical (unpaired) electrons. The van der Waals surface area contributed by atoms with E-state index in [0.29, 0.717) is 0 Å². The summed E-state index contributed by atoms with van der Waals surface area (Å²) in [6.45, 7) is 1.98. The van der Waals surface area contributed by atoms with Gasteiger partial charge in [-0.3, -0.25) is 4.18 Å². The van der Waals surface area contributed by atoms with Crippen molar-refractivity contribution < 1.29 is 8.92 Å². The van der Waals surface area contributed by atoms with Gasteiger partial charge >= 0.3 is 0 Å². The molecule has 2 atom stereocenters. The third-order valence-corrected chi connectivity index (χ3v) is 2.33. The summed E-state index contributed by atoms with van der Waals surface area (Å²) in [7, 11) is 0. The fourth-order valence-electron chi connectivity index (χ4n) is 1.09. The largest absolute Gasteiger partial charge is 0.331 e. The fourth-order valence-corrected chi connectivity index (χ4v) is 1.65. The van der Waals surface area contributed by atoms with E-state index in [1.807, 2.05) is 37.3 Å². The zero-order chi connectivity index (χ0) is 8.39. The van der Waals surface area contributed by atoms with E-state index in [1.165, 1.54) is 12.0 Å². The van der Waals surface area contributed by atoms with Gasteiger partial charge in [-0.05, 0) is 6.92 Å². The third kappa shape index (κ3) is 1.63. The van der Waals surface area contributed by atoms with Crippen LogP contribution >= 0.6 is 12.0 Å². The van der Waals surface area contributed by atoms with Gasteiger partial charge in [-0.1, -0.05) is 30.3 Å². The Hall–Kier alpha value is -0.510. The average Bonchev–Trinajstić information content (AvgIpc) is 2.54. The standard InChI is InChI=1S/C9H10O2S/c1-7-10-9(11-12-7)8-5-3-2-4-6-8/h2-7,9H,1H3. The van der Waals surface area contributed by atoms with Crippen LogP contribution in [0.3, 0.4) is 0 Å². The quantitative estimate of drug-likeness (QED) is 0.622. The Morgan fingerprint density at radius 1 is 1.25 bits per heavy atom. The van der Waals surface area contributed by atoms with Gasteiger partial charge in [0, 0.05) is 17.6 Å². The average molecular weight is 182 g/mol. The summed E-state index contributed by atoms with van der Waals surface area (Å²) in [6.07, 6.45) is -0.189. The first-order valence-corrected chi connectivity index (χ1v) is 4.69. The highest BCUT2D eigenvalue weighted by Crippen LogP contribution is 2.36. The Kier molecular flexibility index (Phi) is 2.35. The molecule has 1 aliphatic heterocycles. The Balaban J connectivity index is 2.11. The number of rotatable bonds is 1. The predicted octanol–water partition coefficient (Wildman–Crippen LogP) is 2.73. The lowest BCUT2D eigenvalue weighted by molar-refractivity contribution is -0.0437. The molecule has 2 nitrogen and oxygen atoms in total. The van der Waals surface area contributed by atoms with Crippen LogP contribution in [0.2, 0.25) is 0 Å². The SMILES string of the molecule is CC1OC(c2ccccc2)OS1. The second-order valence-corrected chi connectivity index (χ2v) is 3.69. The van der Waals surface area contributed by atoms with E-state index in [2.05, 4.69) is 0 Å². The normalized spacial score (nSPS) is 29.1. The van der Waals surface area contributed by atoms with E-state index in [-0.39, 0.29) is 11.7 Å². The van der Waals surface area contributed by atoms with E-state index in [0.717, 1.165) is 5.56 Å². The first-order chi connectivity index (χ1) is 5.86. The number of benzene rings is 1. The molecule has 2 rings (SSSR count). The molecule has 0 amide bonds. The molecule has 1 aliphatic rings. The van der Waals surface area contributed by atoms with Gasteiger partial charge in [-0.15, -0.1) is 0 Å². The van der Waals surface area contributed by atoms with E-state index in [4.69, 9.17) is 8.92 Å². The zero-order valence-electron chi connectivity index (χ0n) is 6.77. The van der Waals surface area contributed by atoms with Crippen LogP contribution in [-0.4, -0.2) is 5.44 Å². The molecular formula is C9H10O2S. The van der Waals surface area contributed by atoms with Crippen LogP contribution in [-0.2, 0) is 8.92 Å². The molecule has 1 saturated heterocycles. The Morgan fingerprint density at radius 3 is 2.58 bits per heavy atom. The summed E-state index contributed by atoms with van der Waals surface area (Å²) < 4.78 is 10.8. The second kappa shape index (κ2) is 3.47. The molecule has 2 unspecified atom stereocenters. The van der Waals surface area contributed by atoms with Gasteiger partial charge in [0.2, 0.25) is 0 Å². The molecule has 0 aliphatic carbocycles. The molecular weight excluding hydrogens is 172 g/mol. The molecule has 0 spiro atoms. The maximum atomic E-state index is 5.49. The molecule has 0 saturated carbocycles. The van der Waals surface area contributed by atoms with E-state index in [1.54, 1.807) is 0 Å². The minimum Gasteiger partial charge on any atom is -0.331 e. The minimum atomic E-state index is -0.189. The van der Waals surface area contributed by atoms with Crippen molar-refractivity contribution >= 4 is 12.0 Å². The molecule has 0 N–H and O–H groups in total. The lowest BCUT2D eigenvalue weighted by Gasteiger charge is -2.07. The fraction of sp³-hybridized carbons (Fsp3) is 0.333. The van der Waals surface area contributed by atoms with Crippen LogP contribution in [0.25, 0.3) is 0 Å². The van der Waals surface area contributed by atoms with Crippen molar-refractivity contribution in [3.05, 3.63) is 35.9 Å². The van der Waals surface area contributed by atoms with Crippen LogP contribution < -0.4 is 0 Å². The Morgan fingerprint density at radius 2 is 2.00 bits per heavy atom. The highest BCUT2D eigenvalue weighted by molar-refractivity contribution is 7.95. The monoisotopic (exact) mass is 182 g/mol. The molecule has 12 heavy (non-hydrogen) atoms. The second-order valence-electron chi connectivity index (χ2n) is 2.64. The summed E-state index contributed by atoms with van der Waals surface area (Å²) >= 11 is 1.38.